The molecule has 0 saturated heterocycles. The average Bonchev–Trinajstić information content (AvgIpc) is 3.30. The monoisotopic (exact) mass is 909 g/mol. The fraction of sp³-hybridized carbons (Fsp3) is 0.780. The molecule has 0 radical (unpaired) electrons. The number of unbranched alkanes of at least 4 members (excludes halogenated alkanes) is 29. The standard InChI is InChI=1S/C59H104O6/c1-4-7-10-13-16-19-22-25-27-29-31-34-37-40-43-46-49-52-58(61)64-55-56(54-63-57(60)51-48-45-42-39-36-33-24-21-18-15-12-9-6-3)65-59(62)53-50-47-44-41-38-35-32-30-28-26-23-20-17-14-11-8-5-2/h21,24-28,32,35,41,44,56H,4-20,22-23,29-31,33-34,36-40,42-43,45-55H2,1-3H3/b24-21-,27-25-,28-26-,35-32-,44-41-/t56-/m0/s1. The zero-order valence-corrected chi connectivity index (χ0v) is 43.0. The smallest absolute Gasteiger partial charge is 0.306 e. The first-order valence-electron chi connectivity index (χ1n) is 27.8. The van der Waals surface area contributed by atoms with Gasteiger partial charge in [0.05, 0.1) is 0 Å². The molecule has 0 fully saturated rings. The molecule has 0 bridgehead atoms. The lowest BCUT2D eigenvalue weighted by Crippen LogP contribution is -2.30. The van der Waals surface area contributed by atoms with Gasteiger partial charge in [-0.1, -0.05) is 216 Å². The van der Waals surface area contributed by atoms with Crippen molar-refractivity contribution in [2.45, 2.75) is 284 Å². The first kappa shape index (κ1) is 62.1. The molecule has 6 heteroatoms. The van der Waals surface area contributed by atoms with Crippen LogP contribution in [-0.4, -0.2) is 37.2 Å². The maximum Gasteiger partial charge on any atom is 0.306 e. The van der Waals surface area contributed by atoms with Crippen molar-refractivity contribution in [2.75, 3.05) is 13.2 Å². The van der Waals surface area contributed by atoms with Crippen molar-refractivity contribution in [1.29, 1.82) is 0 Å². The minimum absolute atomic E-state index is 0.0983. The van der Waals surface area contributed by atoms with Gasteiger partial charge in [0.15, 0.2) is 6.10 Å². The van der Waals surface area contributed by atoms with Gasteiger partial charge < -0.3 is 14.2 Å². The molecule has 0 aromatic heterocycles. The molecule has 0 aliphatic heterocycles. The van der Waals surface area contributed by atoms with Gasteiger partial charge in [-0.3, -0.25) is 14.4 Å². The number of hydrogen-bond acceptors (Lipinski definition) is 6. The minimum Gasteiger partial charge on any atom is -0.462 e. The first-order valence-corrected chi connectivity index (χ1v) is 27.8. The largest absolute Gasteiger partial charge is 0.462 e. The predicted octanol–water partition coefficient (Wildman–Crippen LogP) is 18.4. The molecule has 0 aromatic rings. The molecule has 0 spiro atoms. The van der Waals surface area contributed by atoms with Gasteiger partial charge in [-0.05, 0) is 103 Å². The Balaban J connectivity index is 4.45. The fourth-order valence-electron chi connectivity index (χ4n) is 7.74. The third-order valence-corrected chi connectivity index (χ3v) is 12.0. The van der Waals surface area contributed by atoms with Crippen molar-refractivity contribution in [2.24, 2.45) is 0 Å². The summed E-state index contributed by atoms with van der Waals surface area (Å²) in [6, 6.07) is 0. The Morgan fingerprint density at radius 2 is 0.569 bits per heavy atom. The van der Waals surface area contributed by atoms with E-state index in [4.69, 9.17) is 14.2 Å². The van der Waals surface area contributed by atoms with Crippen LogP contribution in [0.1, 0.15) is 278 Å². The zero-order valence-electron chi connectivity index (χ0n) is 43.0. The van der Waals surface area contributed by atoms with Crippen LogP contribution < -0.4 is 0 Å². The predicted molar refractivity (Wildman–Crippen MR) is 279 cm³/mol. The van der Waals surface area contributed by atoms with E-state index in [1.807, 2.05) is 0 Å². The third kappa shape index (κ3) is 51.9. The quantitative estimate of drug-likeness (QED) is 0.0262. The van der Waals surface area contributed by atoms with Crippen LogP contribution in [0.25, 0.3) is 0 Å². The zero-order chi connectivity index (χ0) is 47.2. The highest BCUT2D eigenvalue weighted by Crippen LogP contribution is 2.14. The Labute approximate surface area is 402 Å². The number of esters is 3. The van der Waals surface area contributed by atoms with E-state index in [0.29, 0.717) is 19.3 Å². The second kappa shape index (κ2) is 53.7. The lowest BCUT2D eigenvalue weighted by molar-refractivity contribution is -0.167. The number of rotatable bonds is 50. The van der Waals surface area contributed by atoms with E-state index in [2.05, 4.69) is 81.5 Å². The van der Waals surface area contributed by atoms with Gasteiger partial charge in [-0.2, -0.15) is 0 Å². The van der Waals surface area contributed by atoms with Crippen LogP contribution >= 0.6 is 0 Å². The molecule has 0 unspecified atom stereocenters. The lowest BCUT2D eigenvalue weighted by Gasteiger charge is -2.18. The topological polar surface area (TPSA) is 78.9 Å². The molecule has 6 nitrogen and oxygen atoms in total. The van der Waals surface area contributed by atoms with Gasteiger partial charge in [0, 0.05) is 19.3 Å². The summed E-state index contributed by atoms with van der Waals surface area (Å²) in [4.78, 5) is 38.0. The molecule has 0 aliphatic rings. The third-order valence-electron chi connectivity index (χ3n) is 12.0. The first-order chi connectivity index (χ1) is 32.0. The summed E-state index contributed by atoms with van der Waals surface area (Å²) in [6.45, 7) is 6.57. The Hall–Kier alpha value is -2.89. The van der Waals surface area contributed by atoms with Gasteiger partial charge >= 0.3 is 17.9 Å². The molecule has 0 rings (SSSR count). The summed E-state index contributed by atoms with van der Waals surface area (Å²) in [5, 5.41) is 0. The van der Waals surface area contributed by atoms with Crippen LogP contribution in [-0.2, 0) is 28.6 Å². The summed E-state index contributed by atoms with van der Waals surface area (Å²) >= 11 is 0. The number of carbonyl (C=O) groups excluding carboxylic acids is 3. The highest BCUT2D eigenvalue weighted by Gasteiger charge is 2.19. The van der Waals surface area contributed by atoms with Crippen molar-refractivity contribution in [3.63, 3.8) is 0 Å². The molecule has 0 aliphatic carbocycles. The average molecular weight is 909 g/mol. The van der Waals surface area contributed by atoms with E-state index in [1.165, 1.54) is 167 Å². The Morgan fingerprint density at radius 1 is 0.308 bits per heavy atom. The summed E-state index contributed by atoms with van der Waals surface area (Å²) in [7, 11) is 0. The van der Waals surface area contributed by atoms with E-state index >= 15 is 0 Å². The second-order valence-electron chi connectivity index (χ2n) is 18.5. The summed E-state index contributed by atoms with van der Waals surface area (Å²) in [6.07, 6.45) is 66.4. The second-order valence-corrected chi connectivity index (χ2v) is 18.5. The van der Waals surface area contributed by atoms with Crippen molar-refractivity contribution in [3.8, 4) is 0 Å². The molecule has 0 aromatic carbocycles. The Bertz CT molecular complexity index is 1180. The molecule has 1 atom stereocenters. The summed E-state index contributed by atoms with van der Waals surface area (Å²) in [5.41, 5.74) is 0. The van der Waals surface area contributed by atoms with Crippen molar-refractivity contribution < 1.29 is 28.6 Å². The lowest BCUT2D eigenvalue weighted by atomic mass is 10.1. The van der Waals surface area contributed by atoms with Gasteiger partial charge in [0.1, 0.15) is 13.2 Å². The molecule has 0 heterocycles. The summed E-state index contributed by atoms with van der Waals surface area (Å²) < 4.78 is 16.8. The van der Waals surface area contributed by atoms with Gasteiger partial charge in [0.25, 0.3) is 0 Å². The van der Waals surface area contributed by atoms with Crippen LogP contribution in [0.15, 0.2) is 60.8 Å². The van der Waals surface area contributed by atoms with Gasteiger partial charge in [0.2, 0.25) is 0 Å². The van der Waals surface area contributed by atoms with Crippen LogP contribution in [0.3, 0.4) is 0 Å². The SMILES string of the molecule is CCCCCC/C=C\CCCCCCCC(=O)OC[C@@H](COC(=O)CCCCCCCCC/C=C\CCCCCCCC)OC(=O)CCC/C=C\C/C=C\C/C=C\CCCCCCCC. The highest BCUT2D eigenvalue weighted by atomic mass is 16.6. The molecule has 0 amide bonds. The number of ether oxygens (including phenoxy) is 3. The fourth-order valence-corrected chi connectivity index (χ4v) is 7.74. The minimum atomic E-state index is -0.805. The van der Waals surface area contributed by atoms with E-state index < -0.39 is 6.10 Å². The summed E-state index contributed by atoms with van der Waals surface area (Å²) in [5.74, 6) is -0.957. The normalized spacial score (nSPS) is 12.5. The van der Waals surface area contributed by atoms with Crippen LogP contribution in [0.5, 0.6) is 0 Å². The van der Waals surface area contributed by atoms with Crippen LogP contribution in [0.2, 0.25) is 0 Å². The van der Waals surface area contributed by atoms with Gasteiger partial charge in [-0.15, -0.1) is 0 Å². The number of hydrogen-bond donors (Lipinski definition) is 0. The van der Waals surface area contributed by atoms with E-state index in [9.17, 15) is 14.4 Å². The van der Waals surface area contributed by atoms with Crippen molar-refractivity contribution >= 4 is 17.9 Å². The van der Waals surface area contributed by atoms with Crippen LogP contribution in [0, 0.1) is 0 Å². The number of carbonyl (C=O) groups is 3. The Morgan fingerprint density at radius 3 is 0.938 bits per heavy atom. The van der Waals surface area contributed by atoms with E-state index in [-0.39, 0.29) is 37.5 Å². The number of allylic oxidation sites excluding steroid dienone is 10. The Kier molecular flexibility index (Phi) is 51.3. The van der Waals surface area contributed by atoms with Gasteiger partial charge in [-0.25, -0.2) is 0 Å². The molecule has 0 N–H and O–H groups in total. The van der Waals surface area contributed by atoms with Crippen molar-refractivity contribution in [1.82, 2.24) is 0 Å². The maximum atomic E-state index is 12.8. The van der Waals surface area contributed by atoms with E-state index in [1.54, 1.807) is 0 Å². The molecule has 65 heavy (non-hydrogen) atoms. The van der Waals surface area contributed by atoms with Crippen LogP contribution in [0.4, 0.5) is 0 Å². The van der Waals surface area contributed by atoms with Crippen molar-refractivity contribution in [3.05, 3.63) is 60.8 Å². The molecular weight excluding hydrogens is 805 g/mol. The molecular formula is C59H104O6. The molecule has 376 valence electrons. The van der Waals surface area contributed by atoms with E-state index in [0.717, 1.165) is 64.2 Å². The highest BCUT2D eigenvalue weighted by molar-refractivity contribution is 5.71. The maximum absolute atomic E-state index is 12.8. The molecule has 0 saturated carbocycles.